The first-order valence-electron chi connectivity index (χ1n) is 11.7. The summed E-state index contributed by atoms with van der Waals surface area (Å²) in [5.74, 6) is 1.20. The quantitative estimate of drug-likeness (QED) is 0.398. The van der Waals surface area contributed by atoms with Gasteiger partial charge in [0.25, 0.3) is 0 Å². The second kappa shape index (κ2) is 9.36. The number of aromatic nitrogens is 2. The van der Waals surface area contributed by atoms with Gasteiger partial charge in [0.2, 0.25) is 0 Å². The van der Waals surface area contributed by atoms with Crippen LogP contribution in [-0.2, 0) is 13.0 Å². The van der Waals surface area contributed by atoms with Gasteiger partial charge in [-0.1, -0.05) is 18.2 Å². The number of nitrogens with one attached hydrogen (secondary N) is 1. The van der Waals surface area contributed by atoms with E-state index in [1.807, 2.05) is 24.4 Å². The monoisotopic (exact) mass is 443 g/mol. The SMILES string of the molecule is COc1ccc(Cc2ccc(C3CCN(Cc4c(C)[nH]c5ccc(F)cc45)CC3)nc2)cc1. The van der Waals surface area contributed by atoms with Gasteiger partial charge in [-0.25, -0.2) is 4.39 Å². The van der Waals surface area contributed by atoms with Gasteiger partial charge >= 0.3 is 0 Å². The molecule has 170 valence electrons. The highest BCUT2D eigenvalue weighted by atomic mass is 19.1. The Kier molecular flexibility index (Phi) is 6.14. The molecule has 0 bridgehead atoms. The fourth-order valence-electron chi connectivity index (χ4n) is 4.93. The number of halogens is 1. The van der Waals surface area contributed by atoms with E-state index in [4.69, 9.17) is 9.72 Å². The van der Waals surface area contributed by atoms with E-state index in [9.17, 15) is 4.39 Å². The molecule has 1 fully saturated rings. The fraction of sp³-hybridized carbons (Fsp3) is 0.321. The number of fused-ring (bicyclic) bond motifs is 1. The summed E-state index contributed by atoms with van der Waals surface area (Å²) < 4.78 is 19.0. The van der Waals surface area contributed by atoms with E-state index in [1.54, 1.807) is 13.2 Å². The molecule has 3 heterocycles. The second-order valence-electron chi connectivity index (χ2n) is 9.09. The van der Waals surface area contributed by atoms with Gasteiger partial charge in [-0.3, -0.25) is 9.88 Å². The molecule has 0 atom stereocenters. The average molecular weight is 444 g/mol. The number of hydrogen-bond acceptors (Lipinski definition) is 3. The van der Waals surface area contributed by atoms with Crippen molar-refractivity contribution < 1.29 is 9.13 Å². The maximum Gasteiger partial charge on any atom is 0.123 e. The number of pyridine rings is 1. The number of rotatable bonds is 6. The Bertz CT molecular complexity index is 1220. The van der Waals surface area contributed by atoms with Crippen molar-refractivity contribution in [3.63, 3.8) is 0 Å². The predicted molar refractivity (Wildman–Crippen MR) is 130 cm³/mol. The third-order valence-corrected chi connectivity index (χ3v) is 6.88. The number of aromatic amines is 1. The smallest absolute Gasteiger partial charge is 0.123 e. The van der Waals surface area contributed by atoms with Crippen molar-refractivity contribution in [1.82, 2.24) is 14.9 Å². The zero-order chi connectivity index (χ0) is 22.8. The molecule has 5 heteroatoms. The predicted octanol–water partition coefficient (Wildman–Crippen LogP) is 5.99. The molecule has 1 aliphatic rings. The average Bonchev–Trinajstić information content (AvgIpc) is 3.15. The Morgan fingerprint density at radius 2 is 1.79 bits per heavy atom. The van der Waals surface area contributed by atoms with Crippen LogP contribution in [0.2, 0.25) is 0 Å². The minimum Gasteiger partial charge on any atom is -0.497 e. The molecular formula is C28H30FN3O. The highest BCUT2D eigenvalue weighted by molar-refractivity contribution is 5.84. The van der Waals surface area contributed by atoms with E-state index in [-0.39, 0.29) is 5.82 Å². The maximum atomic E-state index is 13.8. The molecule has 2 aromatic carbocycles. The summed E-state index contributed by atoms with van der Waals surface area (Å²) in [4.78, 5) is 10.7. The number of likely N-dealkylation sites (tertiary alicyclic amines) is 1. The summed E-state index contributed by atoms with van der Waals surface area (Å²) >= 11 is 0. The number of methoxy groups -OCH3 is 1. The third kappa shape index (κ3) is 4.79. The Morgan fingerprint density at radius 3 is 2.48 bits per heavy atom. The van der Waals surface area contributed by atoms with Gasteiger partial charge < -0.3 is 9.72 Å². The Morgan fingerprint density at radius 1 is 1.03 bits per heavy atom. The summed E-state index contributed by atoms with van der Waals surface area (Å²) in [6, 6.07) is 17.6. The first-order valence-corrected chi connectivity index (χ1v) is 11.7. The summed E-state index contributed by atoms with van der Waals surface area (Å²) in [6.45, 7) is 5.00. The molecule has 0 saturated carbocycles. The minimum atomic E-state index is -0.178. The first-order chi connectivity index (χ1) is 16.1. The molecule has 33 heavy (non-hydrogen) atoms. The van der Waals surface area contributed by atoms with Crippen LogP contribution in [0.4, 0.5) is 4.39 Å². The zero-order valence-corrected chi connectivity index (χ0v) is 19.3. The molecule has 1 saturated heterocycles. The van der Waals surface area contributed by atoms with Gasteiger partial charge in [-0.2, -0.15) is 0 Å². The third-order valence-electron chi connectivity index (χ3n) is 6.88. The lowest BCUT2D eigenvalue weighted by Gasteiger charge is -2.31. The number of piperidine rings is 1. The summed E-state index contributed by atoms with van der Waals surface area (Å²) in [7, 11) is 1.69. The van der Waals surface area contributed by atoms with E-state index in [2.05, 4.69) is 41.1 Å². The number of aryl methyl sites for hydroxylation is 1. The minimum absolute atomic E-state index is 0.178. The van der Waals surface area contributed by atoms with Gasteiger partial charge in [0, 0.05) is 41.0 Å². The topological polar surface area (TPSA) is 41.1 Å². The summed E-state index contributed by atoms with van der Waals surface area (Å²) in [6.07, 6.45) is 5.09. The normalized spacial score (nSPS) is 15.2. The maximum absolute atomic E-state index is 13.8. The highest BCUT2D eigenvalue weighted by Crippen LogP contribution is 2.30. The number of hydrogen-bond donors (Lipinski definition) is 1. The van der Waals surface area contributed by atoms with Crippen LogP contribution in [0.15, 0.2) is 60.8 Å². The molecule has 0 radical (unpaired) electrons. The van der Waals surface area contributed by atoms with Gasteiger partial charge in [-0.05, 0) is 92.4 Å². The summed E-state index contributed by atoms with van der Waals surface area (Å²) in [5, 5.41) is 1.00. The Labute approximate surface area is 194 Å². The van der Waals surface area contributed by atoms with Crippen LogP contribution in [0.25, 0.3) is 10.9 Å². The van der Waals surface area contributed by atoms with E-state index >= 15 is 0 Å². The van der Waals surface area contributed by atoms with Crippen LogP contribution in [-0.4, -0.2) is 35.1 Å². The van der Waals surface area contributed by atoms with Gasteiger partial charge in [0.05, 0.1) is 7.11 Å². The van der Waals surface area contributed by atoms with Gasteiger partial charge in [0.15, 0.2) is 0 Å². The van der Waals surface area contributed by atoms with Crippen molar-refractivity contribution in [2.45, 2.75) is 38.6 Å². The van der Waals surface area contributed by atoms with Crippen molar-refractivity contribution in [3.8, 4) is 5.75 Å². The van der Waals surface area contributed by atoms with Crippen molar-refractivity contribution >= 4 is 10.9 Å². The lowest BCUT2D eigenvalue weighted by Crippen LogP contribution is -2.32. The van der Waals surface area contributed by atoms with Crippen molar-refractivity contribution in [2.24, 2.45) is 0 Å². The van der Waals surface area contributed by atoms with Gasteiger partial charge in [-0.15, -0.1) is 0 Å². The molecule has 5 rings (SSSR count). The fourth-order valence-corrected chi connectivity index (χ4v) is 4.93. The van der Waals surface area contributed by atoms with Crippen LogP contribution >= 0.6 is 0 Å². The van der Waals surface area contributed by atoms with Crippen LogP contribution in [0.1, 0.15) is 46.8 Å². The molecule has 0 amide bonds. The number of H-pyrrole nitrogens is 1. The molecular weight excluding hydrogens is 413 g/mol. The lowest BCUT2D eigenvalue weighted by molar-refractivity contribution is 0.203. The van der Waals surface area contributed by atoms with Crippen LogP contribution in [0.5, 0.6) is 5.75 Å². The number of ether oxygens (including phenoxy) is 1. The van der Waals surface area contributed by atoms with E-state index < -0.39 is 0 Å². The molecule has 2 aromatic heterocycles. The molecule has 0 unspecified atom stereocenters. The Balaban J connectivity index is 1.19. The van der Waals surface area contributed by atoms with Crippen LogP contribution in [0.3, 0.4) is 0 Å². The Hall–Kier alpha value is -3.18. The van der Waals surface area contributed by atoms with E-state index in [0.717, 1.165) is 61.2 Å². The molecule has 1 N–H and O–H groups in total. The molecule has 0 aliphatic carbocycles. The van der Waals surface area contributed by atoms with E-state index in [1.165, 1.54) is 28.5 Å². The highest BCUT2D eigenvalue weighted by Gasteiger charge is 2.23. The van der Waals surface area contributed by atoms with E-state index in [0.29, 0.717) is 5.92 Å². The van der Waals surface area contributed by atoms with Crippen molar-refractivity contribution in [3.05, 3.63) is 94.7 Å². The van der Waals surface area contributed by atoms with Crippen molar-refractivity contribution in [2.75, 3.05) is 20.2 Å². The van der Waals surface area contributed by atoms with Gasteiger partial charge in [0.1, 0.15) is 11.6 Å². The summed E-state index contributed by atoms with van der Waals surface area (Å²) in [5.41, 5.74) is 7.03. The number of benzene rings is 2. The largest absolute Gasteiger partial charge is 0.497 e. The molecule has 4 nitrogen and oxygen atoms in total. The van der Waals surface area contributed by atoms with Crippen molar-refractivity contribution in [1.29, 1.82) is 0 Å². The second-order valence-corrected chi connectivity index (χ2v) is 9.09. The first kappa shape index (κ1) is 21.7. The van der Waals surface area contributed by atoms with Crippen LogP contribution < -0.4 is 4.74 Å². The zero-order valence-electron chi connectivity index (χ0n) is 19.3. The van der Waals surface area contributed by atoms with Crippen LogP contribution in [0, 0.1) is 12.7 Å². The lowest BCUT2D eigenvalue weighted by atomic mass is 9.92. The molecule has 4 aromatic rings. The molecule has 1 aliphatic heterocycles. The number of nitrogens with zero attached hydrogens (tertiary/aromatic N) is 2. The molecule has 0 spiro atoms. The standard InChI is InChI=1S/C28H30FN3O/c1-19-26(25-16-23(29)6-10-28(25)31-19)18-32-13-11-22(12-14-32)27-9-5-21(17-30-27)15-20-3-7-24(33-2)8-4-20/h3-10,16-17,22,31H,11-15,18H2,1-2H3.